The van der Waals surface area contributed by atoms with E-state index in [0.717, 1.165) is 5.92 Å². The van der Waals surface area contributed by atoms with Gasteiger partial charge in [0, 0.05) is 0 Å². The molecule has 1 unspecified atom stereocenters. The minimum atomic E-state index is 0.764. The number of allylic oxidation sites excluding steroid dienone is 3. The van der Waals surface area contributed by atoms with Crippen molar-refractivity contribution in [1.82, 2.24) is 0 Å². The monoisotopic (exact) mass is 142 g/mol. The molecule has 58 valence electrons. The Labute approximate surface area is 61.4 Å². The van der Waals surface area contributed by atoms with Crippen molar-refractivity contribution in [1.29, 1.82) is 0 Å². The van der Waals surface area contributed by atoms with Gasteiger partial charge >= 0.3 is 0 Å². The summed E-state index contributed by atoms with van der Waals surface area (Å²) in [5.74, 6) is 0.764. The molecule has 10 heavy (non-hydrogen) atoms. The minimum Gasteiger partial charge on any atom is -0.255 e. The first kappa shape index (κ1) is 9.40. The van der Waals surface area contributed by atoms with Crippen molar-refractivity contribution < 1.29 is 10.5 Å². The smallest absolute Gasteiger partial charge is 0.0199 e. The van der Waals surface area contributed by atoms with Crippen LogP contribution in [0.3, 0.4) is 0 Å². The Morgan fingerprint density at radius 1 is 1.40 bits per heavy atom. The van der Waals surface area contributed by atoms with Crippen LogP contribution in [0.25, 0.3) is 0 Å². The van der Waals surface area contributed by atoms with Crippen LogP contribution in [0.2, 0.25) is 0 Å². The summed E-state index contributed by atoms with van der Waals surface area (Å²) in [4.78, 5) is 0. The maximum Gasteiger partial charge on any atom is -0.0199 e. The lowest BCUT2D eigenvalue weighted by Crippen LogP contribution is -1.96. The molecule has 0 radical (unpaired) electrons. The second kappa shape index (κ2) is 6.52. The predicted molar refractivity (Wildman–Crippen MR) is 41.9 cm³/mol. The van der Waals surface area contributed by atoms with Gasteiger partial charge in [0.25, 0.3) is 0 Å². The summed E-state index contributed by atoms with van der Waals surface area (Å²) in [5.41, 5.74) is 0. The Bertz CT molecular complexity index is 108. The van der Waals surface area contributed by atoms with E-state index >= 15 is 0 Å². The van der Waals surface area contributed by atoms with E-state index in [1.54, 1.807) is 0 Å². The average Bonchev–Trinajstić information content (AvgIpc) is 2.10. The van der Waals surface area contributed by atoms with Crippen molar-refractivity contribution in [3.05, 3.63) is 24.8 Å². The molecule has 0 bridgehead atoms. The van der Waals surface area contributed by atoms with Crippen LogP contribution >= 0.6 is 0 Å². The highest BCUT2D eigenvalue weighted by atomic mass is 17.0. The van der Waals surface area contributed by atoms with Crippen LogP contribution in [0.15, 0.2) is 24.8 Å². The highest BCUT2D eigenvalue weighted by molar-refractivity contribution is 4.95. The van der Waals surface area contributed by atoms with Gasteiger partial charge in [-0.15, -0.1) is 6.58 Å². The lowest BCUT2D eigenvalue weighted by Gasteiger charge is -2.11. The molecule has 2 nitrogen and oxygen atoms in total. The molecule has 0 aromatic heterocycles. The minimum absolute atomic E-state index is 0.764. The first-order chi connectivity index (χ1) is 4.93. The van der Waals surface area contributed by atoms with Crippen molar-refractivity contribution >= 4 is 0 Å². The molecule has 1 atom stereocenters. The van der Waals surface area contributed by atoms with Crippen LogP contribution in [-0.4, -0.2) is 10.5 Å². The van der Waals surface area contributed by atoms with Crippen LogP contribution in [-0.2, 0) is 0 Å². The molecule has 0 saturated heterocycles. The van der Waals surface area contributed by atoms with E-state index in [4.69, 9.17) is 10.5 Å². The van der Waals surface area contributed by atoms with Crippen LogP contribution in [0.5, 0.6) is 0 Å². The molecule has 0 amide bonds. The fourth-order valence-corrected chi connectivity index (χ4v) is 1.03. The van der Waals surface area contributed by atoms with Crippen LogP contribution in [0, 0.1) is 5.92 Å². The lowest BCUT2D eigenvalue weighted by atomic mass is 9.95. The Balaban J connectivity index is 0.000000371. The van der Waals surface area contributed by atoms with Crippen LogP contribution in [0.4, 0.5) is 0 Å². The quantitative estimate of drug-likeness (QED) is 0.335. The molecule has 1 rings (SSSR count). The maximum absolute atomic E-state index is 6.00. The van der Waals surface area contributed by atoms with Gasteiger partial charge in [-0.1, -0.05) is 18.2 Å². The second-order valence-corrected chi connectivity index (χ2v) is 2.28. The van der Waals surface area contributed by atoms with Gasteiger partial charge in [-0.2, -0.15) is 0 Å². The second-order valence-electron chi connectivity index (χ2n) is 2.28. The third-order valence-corrected chi connectivity index (χ3v) is 1.64. The first-order valence-corrected chi connectivity index (χ1v) is 3.41. The highest BCUT2D eigenvalue weighted by Crippen LogP contribution is 2.17. The molecule has 0 aromatic rings. The summed E-state index contributed by atoms with van der Waals surface area (Å²) in [6.07, 6.45) is 10.3. The fourth-order valence-electron chi connectivity index (χ4n) is 1.03. The van der Waals surface area contributed by atoms with Crippen molar-refractivity contribution in [3.8, 4) is 0 Å². The lowest BCUT2D eigenvalue weighted by molar-refractivity contribution is -0.176. The van der Waals surface area contributed by atoms with E-state index < -0.39 is 0 Å². The van der Waals surface area contributed by atoms with E-state index in [-0.39, 0.29) is 0 Å². The van der Waals surface area contributed by atoms with E-state index in [1.807, 2.05) is 0 Å². The molecule has 0 spiro atoms. The van der Waals surface area contributed by atoms with Crippen molar-refractivity contribution in [3.63, 3.8) is 0 Å². The molecule has 0 aliphatic heterocycles. The summed E-state index contributed by atoms with van der Waals surface area (Å²) in [6.45, 7) is 3.75. The summed E-state index contributed by atoms with van der Waals surface area (Å²) < 4.78 is 0. The highest BCUT2D eigenvalue weighted by Gasteiger charge is 2.02. The Hall–Kier alpha value is -0.600. The number of rotatable bonds is 1. The molecule has 0 fully saturated rings. The molecule has 2 heteroatoms. The van der Waals surface area contributed by atoms with Gasteiger partial charge < -0.3 is 0 Å². The van der Waals surface area contributed by atoms with Crippen LogP contribution in [0.1, 0.15) is 19.3 Å². The molecule has 1 aliphatic rings. The molecule has 0 saturated carbocycles. The largest absolute Gasteiger partial charge is 0.255 e. The van der Waals surface area contributed by atoms with Gasteiger partial charge in [-0.3, -0.25) is 10.5 Å². The zero-order valence-electron chi connectivity index (χ0n) is 6.03. The zero-order valence-corrected chi connectivity index (χ0v) is 6.03. The molecule has 1 aliphatic carbocycles. The summed E-state index contributed by atoms with van der Waals surface area (Å²) >= 11 is 0. The third kappa shape index (κ3) is 3.43. The van der Waals surface area contributed by atoms with E-state index in [2.05, 4.69) is 24.8 Å². The Morgan fingerprint density at radius 2 is 2.10 bits per heavy atom. The summed E-state index contributed by atoms with van der Waals surface area (Å²) in [6, 6.07) is 0. The number of hydrogen-bond donors (Lipinski definition) is 2. The van der Waals surface area contributed by atoms with Gasteiger partial charge in [0.05, 0.1) is 0 Å². The van der Waals surface area contributed by atoms with Gasteiger partial charge in [0.1, 0.15) is 0 Å². The predicted octanol–water partition coefficient (Wildman–Crippen LogP) is 2.55. The third-order valence-electron chi connectivity index (χ3n) is 1.64. The molecule has 0 heterocycles. The number of hydrogen-bond acceptors (Lipinski definition) is 2. The topological polar surface area (TPSA) is 40.5 Å². The summed E-state index contributed by atoms with van der Waals surface area (Å²) in [7, 11) is 0. The van der Waals surface area contributed by atoms with E-state index in [0.29, 0.717) is 0 Å². The fraction of sp³-hybridized carbons (Fsp3) is 0.500. The summed E-state index contributed by atoms with van der Waals surface area (Å²) in [5, 5.41) is 12.0. The Kier molecular flexibility index (Phi) is 6.13. The molecular weight excluding hydrogens is 128 g/mol. The van der Waals surface area contributed by atoms with Gasteiger partial charge in [0.15, 0.2) is 0 Å². The van der Waals surface area contributed by atoms with Crippen molar-refractivity contribution in [2.75, 3.05) is 0 Å². The SMILES string of the molecule is C=CC1CC=CCC1.OO. The van der Waals surface area contributed by atoms with Crippen molar-refractivity contribution in [2.24, 2.45) is 5.92 Å². The normalized spacial score (nSPS) is 22.8. The molecule has 0 aromatic carbocycles. The van der Waals surface area contributed by atoms with E-state index in [9.17, 15) is 0 Å². The van der Waals surface area contributed by atoms with Gasteiger partial charge in [-0.05, 0) is 25.2 Å². The standard InChI is InChI=1S/C8H12.H2O2/c1-2-8-6-4-3-5-7-8;1-2/h2-4,8H,1,5-7H2;1-2H. The average molecular weight is 142 g/mol. The zero-order chi connectivity index (χ0) is 7.82. The van der Waals surface area contributed by atoms with Gasteiger partial charge in [-0.25, -0.2) is 0 Å². The molecule has 2 N–H and O–H groups in total. The Morgan fingerprint density at radius 3 is 2.40 bits per heavy atom. The van der Waals surface area contributed by atoms with E-state index in [1.165, 1.54) is 19.3 Å². The van der Waals surface area contributed by atoms with Crippen LogP contribution < -0.4 is 0 Å². The first-order valence-electron chi connectivity index (χ1n) is 3.41. The maximum atomic E-state index is 6.00. The molecular formula is C8H14O2. The van der Waals surface area contributed by atoms with Gasteiger partial charge in [0.2, 0.25) is 0 Å². The van der Waals surface area contributed by atoms with Crippen molar-refractivity contribution in [2.45, 2.75) is 19.3 Å².